The van der Waals surface area contributed by atoms with Crippen LogP contribution in [0.25, 0.3) is 11.5 Å². The summed E-state index contributed by atoms with van der Waals surface area (Å²) in [5.74, 6) is 0.939. The van der Waals surface area contributed by atoms with Crippen LogP contribution in [0.2, 0.25) is 0 Å². The van der Waals surface area contributed by atoms with Gasteiger partial charge < -0.3 is 9.25 Å². The molecule has 0 spiro atoms. The molecule has 0 aliphatic carbocycles. The van der Waals surface area contributed by atoms with Gasteiger partial charge in [-0.15, -0.1) is 10.2 Å². The Labute approximate surface area is 106 Å². The van der Waals surface area contributed by atoms with Crippen molar-refractivity contribution in [1.82, 2.24) is 10.2 Å². The second kappa shape index (κ2) is 4.29. The maximum Gasteiger partial charge on any atom is 0.260 e. The molecule has 17 heavy (non-hydrogen) atoms. The first kappa shape index (κ1) is 10.5. The largest absolute Gasteiger partial charge is 0.417 e. The van der Waals surface area contributed by atoms with Crippen LogP contribution in [0.15, 0.2) is 39.9 Å². The van der Waals surface area contributed by atoms with Gasteiger partial charge in [0.25, 0.3) is 5.89 Å². The van der Waals surface area contributed by atoms with Gasteiger partial charge in [0.05, 0.1) is 0 Å². The first-order valence-electron chi connectivity index (χ1n) is 5.10. The molecule has 1 unspecified atom stereocenters. The number of rotatable bonds is 2. The quantitative estimate of drug-likeness (QED) is 0.854. The van der Waals surface area contributed by atoms with Crippen LogP contribution in [0.4, 0.5) is 0 Å². The molecular weight excluding hydrogens is 286 g/mol. The van der Waals surface area contributed by atoms with Gasteiger partial charge in [-0.25, -0.2) is 0 Å². The fourth-order valence-corrected chi connectivity index (χ4v) is 1.92. The van der Waals surface area contributed by atoms with E-state index in [4.69, 9.17) is 9.25 Å². The Kier molecular flexibility index (Phi) is 2.64. The Balaban J connectivity index is 1.84. The van der Waals surface area contributed by atoms with Crippen molar-refractivity contribution >= 4 is 20.6 Å². The summed E-state index contributed by atoms with van der Waals surface area (Å²) in [5.41, 5.74) is 0.893. The average Bonchev–Trinajstić information content (AvgIpc) is 2.98. The molecule has 2 aromatic rings. The van der Waals surface area contributed by atoms with Crippen LogP contribution < -0.4 is 0 Å². The van der Waals surface area contributed by atoms with E-state index >= 15 is 0 Å². The molecule has 5 nitrogen and oxygen atoms in total. The molecule has 0 N–H and O–H groups in total. The molecule has 0 radical (unpaired) electrons. The van der Waals surface area contributed by atoms with Gasteiger partial charge >= 0.3 is 0 Å². The van der Waals surface area contributed by atoms with Gasteiger partial charge in [0.15, 0.2) is 0 Å². The molecule has 6 heteroatoms. The fraction of sp³-hybridized carbons (Fsp3) is 0.182. The summed E-state index contributed by atoms with van der Waals surface area (Å²) in [6.07, 6.45) is 0.338. The standard InChI is InChI=1S/C11H8BrN3O2/c12-9-6-8(17-15-9)11-14-13-10(16-11)7-4-2-1-3-5-7/h1-5,8H,6H2. The van der Waals surface area contributed by atoms with Crippen molar-refractivity contribution in [1.29, 1.82) is 0 Å². The summed E-state index contributed by atoms with van der Waals surface area (Å²) >= 11 is 3.26. The lowest BCUT2D eigenvalue weighted by atomic mass is 10.2. The summed E-state index contributed by atoms with van der Waals surface area (Å²) in [6.45, 7) is 0. The van der Waals surface area contributed by atoms with Crippen LogP contribution in [0.3, 0.4) is 0 Å². The summed E-state index contributed by atoms with van der Waals surface area (Å²) in [7, 11) is 0. The first-order valence-corrected chi connectivity index (χ1v) is 5.89. The lowest BCUT2D eigenvalue weighted by molar-refractivity contribution is 0.0651. The van der Waals surface area contributed by atoms with Crippen LogP contribution in [0, 0.1) is 0 Å². The van der Waals surface area contributed by atoms with Crippen molar-refractivity contribution in [3.8, 4) is 11.5 Å². The number of oxime groups is 1. The van der Waals surface area contributed by atoms with Gasteiger partial charge in [0, 0.05) is 12.0 Å². The molecule has 1 aliphatic heterocycles. The van der Waals surface area contributed by atoms with E-state index in [9.17, 15) is 0 Å². The Hall–Kier alpha value is -1.69. The Morgan fingerprint density at radius 3 is 2.71 bits per heavy atom. The monoisotopic (exact) mass is 293 g/mol. The second-order valence-corrected chi connectivity index (χ2v) is 4.49. The van der Waals surface area contributed by atoms with Gasteiger partial charge in [-0.1, -0.05) is 23.4 Å². The van der Waals surface area contributed by atoms with E-state index in [2.05, 4.69) is 31.3 Å². The van der Waals surface area contributed by atoms with Crippen LogP contribution in [0.5, 0.6) is 0 Å². The SMILES string of the molecule is BrC1=NOC(c2nnc(-c3ccccc3)o2)C1. The molecule has 0 saturated heterocycles. The fourth-order valence-electron chi connectivity index (χ4n) is 1.54. The van der Waals surface area contributed by atoms with Crippen molar-refractivity contribution in [3.05, 3.63) is 36.2 Å². The molecule has 3 rings (SSSR count). The van der Waals surface area contributed by atoms with Crippen LogP contribution >= 0.6 is 15.9 Å². The van der Waals surface area contributed by atoms with E-state index in [0.717, 1.165) is 10.2 Å². The third kappa shape index (κ3) is 2.08. The minimum absolute atomic E-state index is 0.283. The molecule has 86 valence electrons. The minimum Gasteiger partial charge on any atom is -0.417 e. The first-order chi connectivity index (χ1) is 8.33. The lowest BCUT2D eigenvalue weighted by Crippen LogP contribution is -1.96. The van der Waals surface area contributed by atoms with Gasteiger partial charge in [-0.05, 0) is 28.1 Å². The molecule has 1 aromatic carbocycles. The highest BCUT2D eigenvalue weighted by atomic mass is 79.9. The second-order valence-electron chi connectivity index (χ2n) is 3.58. The maximum absolute atomic E-state index is 5.56. The lowest BCUT2D eigenvalue weighted by Gasteiger charge is -2.00. The van der Waals surface area contributed by atoms with E-state index in [-0.39, 0.29) is 6.10 Å². The predicted molar refractivity (Wildman–Crippen MR) is 64.5 cm³/mol. The smallest absolute Gasteiger partial charge is 0.260 e. The van der Waals surface area contributed by atoms with E-state index in [1.165, 1.54) is 0 Å². The van der Waals surface area contributed by atoms with Gasteiger partial charge in [0.2, 0.25) is 12.0 Å². The molecule has 2 heterocycles. The summed E-state index contributed by atoms with van der Waals surface area (Å²) in [4.78, 5) is 5.15. The topological polar surface area (TPSA) is 60.5 Å². The van der Waals surface area contributed by atoms with Gasteiger partial charge in [-0.2, -0.15) is 0 Å². The molecule has 0 saturated carbocycles. The molecule has 1 aliphatic rings. The number of nitrogens with zero attached hydrogens (tertiary/aromatic N) is 3. The zero-order valence-electron chi connectivity index (χ0n) is 8.71. The summed E-state index contributed by atoms with van der Waals surface area (Å²) in [6, 6.07) is 9.61. The molecule has 0 amide bonds. The predicted octanol–water partition coefficient (Wildman–Crippen LogP) is 2.91. The average molecular weight is 294 g/mol. The number of hydrogen-bond donors (Lipinski definition) is 0. The highest BCUT2D eigenvalue weighted by Crippen LogP contribution is 2.29. The van der Waals surface area contributed by atoms with E-state index < -0.39 is 0 Å². The highest BCUT2D eigenvalue weighted by Gasteiger charge is 2.27. The Bertz CT molecular complexity index is 553. The molecule has 0 bridgehead atoms. The minimum atomic E-state index is -0.283. The normalized spacial score (nSPS) is 18.9. The van der Waals surface area contributed by atoms with E-state index in [0.29, 0.717) is 18.2 Å². The third-order valence-electron chi connectivity index (χ3n) is 2.37. The van der Waals surface area contributed by atoms with Crippen molar-refractivity contribution in [2.24, 2.45) is 5.16 Å². The zero-order chi connectivity index (χ0) is 11.7. The van der Waals surface area contributed by atoms with Crippen molar-refractivity contribution < 1.29 is 9.25 Å². The number of hydrogen-bond acceptors (Lipinski definition) is 5. The zero-order valence-corrected chi connectivity index (χ0v) is 10.3. The van der Waals surface area contributed by atoms with Crippen molar-refractivity contribution in [3.63, 3.8) is 0 Å². The number of aromatic nitrogens is 2. The van der Waals surface area contributed by atoms with Crippen LogP contribution in [-0.4, -0.2) is 14.8 Å². The Morgan fingerprint density at radius 2 is 2.00 bits per heavy atom. The molecular formula is C11H8BrN3O2. The maximum atomic E-state index is 5.56. The van der Waals surface area contributed by atoms with Crippen molar-refractivity contribution in [2.75, 3.05) is 0 Å². The summed E-state index contributed by atoms with van der Waals surface area (Å²) in [5, 5.41) is 11.7. The number of halogens is 1. The van der Waals surface area contributed by atoms with Crippen molar-refractivity contribution in [2.45, 2.75) is 12.5 Å². The molecule has 1 atom stereocenters. The molecule has 1 aromatic heterocycles. The van der Waals surface area contributed by atoms with E-state index in [1.807, 2.05) is 30.3 Å². The summed E-state index contributed by atoms with van der Waals surface area (Å²) < 4.78 is 6.31. The van der Waals surface area contributed by atoms with Crippen LogP contribution in [-0.2, 0) is 4.84 Å². The highest BCUT2D eigenvalue weighted by molar-refractivity contribution is 9.18. The molecule has 0 fully saturated rings. The third-order valence-corrected chi connectivity index (χ3v) is 2.84. The van der Waals surface area contributed by atoms with Gasteiger partial charge in [0.1, 0.15) is 4.62 Å². The number of benzene rings is 1. The van der Waals surface area contributed by atoms with E-state index in [1.54, 1.807) is 0 Å². The van der Waals surface area contributed by atoms with Gasteiger partial charge in [-0.3, -0.25) is 0 Å². The van der Waals surface area contributed by atoms with Crippen LogP contribution in [0.1, 0.15) is 18.4 Å². The Morgan fingerprint density at radius 1 is 1.18 bits per heavy atom.